The summed E-state index contributed by atoms with van der Waals surface area (Å²) >= 11 is 0.334. The summed E-state index contributed by atoms with van der Waals surface area (Å²) in [5, 5.41) is 0. The smallest absolute Gasteiger partial charge is 0.242 e. The van der Waals surface area contributed by atoms with Crippen molar-refractivity contribution < 1.29 is 42.7 Å². The zero-order chi connectivity index (χ0) is 42.9. The first-order valence-corrected chi connectivity index (χ1v) is 10.4. The Hall–Kier alpha value is -1.64. The fraction of sp³-hybridized carbons (Fsp3) is 0.391. The Labute approximate surface area is 219 Å². The van der Waals surface area contributed by atoms with E-state index in [1.54, 1.807) is 0 Å². The lowest BCUT2D eigenvalue weighted by atomic mass is 9.96. The molecule has 2 heterocycles. The number of fused-ring (bicyclic) bond motifs is 2. The topological polar surface area (TPSA) is 43.9 Å². The molecule has 0 spiro atoms. The van der Waals surface area contributed by atoms with Crippen molar-refractivity contribution in [1.82, 2.24) is 14.1 Å². The maximum Gasteiger partial charge on any atom is 0.242 e. The number of rotatable bonds is 5. The molecule has 0 aliphatic carbocycles. The van der Waals surface area contributed by atoms with Crippen LogP contribution in [0, 0.1) is 0 Å². The lowest BCUT2D eigenvalue weighted by Gasteiger charge is -2.32. The molecule has 4 rings (SSSR count). The van der Waals surface area contributed by atoms with Gasteiger partial charge in [-0.3, -0.25) is 0 Å². The summed E-state index contributed by atoms with van der Waals surface area (Å²) in [4.78, 5) is -3.33. The molecule has 0 N–H and O–H groups in total. The fourth-order valence-corrected chi connectivity index (χ4v) is 4.00. The molecule has 0 aromatic heterocycles. The summed E-state index contributed by atoms with van der Waals surface area (Å²) in [6, 6.07) is -8.36. The molecule has 0 atom stereocenters. The molecule has 1 saturated heterocycles. The van der Waals surface area contributed by atoms with Crippen molar-refractivity contribution in [2.45, 2.75) is 21.1 Å². The van der Waals surface area contributed by atoms with Crippen molar-refractivity contribution >= 4 is 27.4 Å². The Morgan fingerprint density at radius 3 is 2.70 bits per heavy atom. The number of benzene rings is 2. The van der Waals surface area contributed by atoms with Crippen molar-refractivity contribution in [3.8, 4) is 0 Å². The zero-order valence-corrected chi connectivity index (χ0v) is 16.5. The van der Waals surface area contributed by atoms with Gasteiger partial charge in [0.1, 0.15) is 0 Å². The molecule has 0 bridgehead atoms. The van der Waals surface area contributed by atoms with Gasteiger partial charge in [0.05, 0.1) is 15.9 Å². The SMILES string of the molecule is [2H]/C(CCN1C([2H])([2H])C([2H])([2H])N(C([2H])([2H])[2H])C([2H])([2H])C1([2H])[2H])=C1\c2c([2H])c([2H])c([2H])c([2H])c2Sc2c([2H])c([2H])c(S(=O)(=O)N(C([2H])([2H])[2H])C([2H])([2H])[2H])c([2H])c21. The number of piperazine rings is 1. The second-order valence-electron chi connectivity index (χ2n) is 5.72. The highest BCUT2D eigenvalue weighted by atomic mass is 32.2. The van der Waals surface area contributed by atoms with Crippen LogP contribution in [0.5, 0.6) is 0 Å². The van der Waals surface area contributed by atoms with Gasteiger partial charge in [-0.1, -0.05) is 35.9 Å². The van der Waals surface area contributed by atoms with E-state index in [-0.39, 0.29) is 4.90 Å². The Kier molecular flexibility index (Phi) is 1.97. The molecular formula is C23H29N3O2S2. The van der Waals surface area contributed by atoms with Crippen LogP contribution in [0.1, 0.15) is 51.8 Å². The number of hydrogen-bond donors (Lipinski definition) is 0. The number of likely N-dealkylation sites (N-methyl/N-ethyl adjacent to an activating group) is 1. The van der Waals surface area contributed by atoms with E-state index in [1.165, 1.54) is 0 Å². The summed E-state index contributed by atoms with van der Waals surface area (Å²) in [7, 11) is -5.97. The van der Waals surface area contributed by atoms with Crippen molar-refractivity contribution in [3.63, 3.8) is 0 Å². The Morgan fingerprint density at radius 1 is 1.17 bits per heavy atom. The van der Waals surface area contributed by atoms with E-state index in [9.17, 15) is 8.42 Å². The highest BCUT2D eigenvalue weighted by Crippen LogP contribution is 2.46. The second kappa shape index (κ2) is 8.85. The molecule has 5 nitrogen and oxygen atoms in total. The molecule has 0 amide bonds. The Balaban J connectivity index is 2.10. The van der Waals surface area contributed by atoms with Crippen LogP contribution < -0.4 is 0 Å². The molecular weight excluding hydrogens is 414 g/mol. The summed E-state index contributed by atoms with van der Waals surface area (Å²) in [5.74, 6) is 0. The van der Waals surface area contributed by atoms with Gasteiger partial charge in [0.2, 0.25) is 10.0 Å². The Morgan fingerprint density at radius 2 is 1.93 bits per heavy atom. The summed E-state index contributed by atoms with van der Waals surface area (Å²) < 4.78 is 231. The average Bonchev–Trinajstić information content (AvgIpc) is 2.96. The maximum absolute atomic E-state index is 13.8. The molecule has 2 aliphatic rings. The lowest BCUT2D eigenvalue weighted by molar-refractivity contribution is 0.156. The van der Waals surface area contributed by atoms with E-state index in [0.717, 1.165) is 0 Å². The first kappa shape index (κ1) is 6.68. The van der Waals surface area contributed by atoms with E-state index in [4.69, 9.17) is 34.3 Å². The predicted molar refractivity (Wildman–Crippen MR) is 124 cm³/mol. The molecule has 2 aromatic carbocycles. The van der Waals surface area contributed by atoms with Gasteiger partial charge in [-0.25, -0.2) is 12.7 Å². The molecule has 30 heavy (non-hydrogen) atoms. The van der Waals surface area contributed by atoms with Gasteiger partial charge in [0.25, 0.3) is 0 Å². The van der Waals surface area contributed by atoms with Crippen LogP contribution in [0.3, 0.4) is 0 Å². The van der Waals surface area contributed by atoms with E-state index >= 15 is 0 Å². The monoisotopic (exact) mass is 468 g/mol. The fourth-order valence-electron chi connectivity index (χ4n) is 2.49. The third kappa shape index (κ3) is 4.36. The first-order valence-electron chi connectivity index (χ1n) is 20.6. The van der Waals surface area contributed by atoms with Gasteiger partial charge < -0.3 is 9.80 Å². The third-order valence-electron chi connectivity index (χ3n) is 3.84. The highest BCUT2D eigenvalue weighted by Gasteiger charge is 2.25. The molecule has 0 unspecified atom stereocenters. The van der Waals surface area contributed by atoms with Gasteiger partial charge >= 0.3 is 0 Å². The Bertz CT molecular complexity index is 2050. The van der Waals surface area contributed by atoms with Crippen LogP contribution in [0.15, 0.2) is 63.0 Å². The first-order chi connectivity index (χ1) is 24.3. The quantitative estimate of drug-likeness (QED) is 0.574. The van der Waals surface area contributed by atoms with Crippen LogP contribution in [0.25, 0.3) is 5.57 Å². The number of hydrogen-bond acceptors (Lipinski definition) is 5. The standard InChI is InChI=1S/C23H29N3O2S2/c1-24(2)30(27,28)18-10-11-23-21(17-18)19(20-7-4-5-9-22(20)29-23)8-6-12-26-15-13-25(3)14-16-26/h4-5,7-11,17H,6,12-16H2,1-3H3/b19-8-/i1D3,2D3,3D3,4D,5D,7D,8D,9D,10D,11D,13D2,14D2,15D2,16D2,17D. The molecule has 0 saturated carbocycles. The predicted octanol–water partition coefficient (Wildman–Crippen LogP) is 3.47. The van der Waals surface area contributed by atoms with E-state index in [0.29, 0.717) is 11.8 Å². The van der Waals surface area contributed by atoms with Crippen molar-refractivity contribution in [1.29, 1.82) is 0 Å². The van der Waals surface area contributed by atoms with Gasteiger partial charge in [0.15, 0.2) is 0 Å². The highest BCUT2D eigenvalue weighted by molar-refractivity contribution is 7.99. The minimum atomic E-state index is -5.97. The van der Waals surface area contributed by atoms with Crippen LogP contribution in [-0.4, -0.2) is 76.0 Å². The van der Waals surface area contributed by atoms with E-state index < -0.39 is 159 Å². The van der Waals surface area contributed by atoms with Gasteiger partial charge in [-0.05, 0) is 54.3 Å². The van der Waals surface area contributed by atoms with Crippen molar-refractivity contribution in [2.24, 2.45) is 0 Å². The normalized spacial score (nSPS) is 39.6. The van der Waals surface area contributed by atoms with Crippen LogP contribution in [0.4, 0.5) is 0 Å². The maximum atomic E-state index is 13.8. The summed E-state index contributed by atoms with van der Waals surface area (Å²) in [5.41, 5.74) is -2.30. The van der Waals surface area contributed by atoms with Gasteiger partial charge in [-0.2, -0.15) is 0 Å². The van der Waals surface area contributed by atoms with Gasteiger partial charge in [0, 0.05) is 79.6 Å². The number of nitrogens with zero attached hydrogens (tertiary/aromatic N) is 3. The van der Waals surface area contributed by atoms with Gasteiger partial charge in [-0.15, -0.1) is 0 Å². The molecule has 2 aromatic rings. The second-order valence-corrected chi connectivity index (χ2v) is 8.46. The third-order valence-corrected chi connectivity index (χ3v) is 6.06. The molecule has 2 aliphatic heterocycles. The van der Waals surface area contributed by atoms with Crippen molar-refractivity contribution in [2.75, 3.05) is 53.5 Å². The minimum absolute atomic E-state index is 0.0536. The van der Waals surface area contributed by atoms with Crippen molar-refractivity contribution in [3.05, 3.63) is 59.5 Å². The molecule has 0 radical (unpaired) electrons. The lowest BCUT2D eigenvalue weighted by Crippen LogP contribution is -2.44. The summed E-state index contributed by atoms with van der Waals surface area (Å²) in [6.45, 7) is -27.9. The van der Waals surface area contributed by atoms with E-state index in [2.05, 4.69) is 0 Å². The van der Waals surface area contributed by atoms with Crippen LogP contribution in [0.2, 0.25) is 0 Å². The van der Waals surface area contributed by atoms with Crippen LogP contribution >= 0.6 is 11.8 Å². The molecule has 1 fully saturated rings. The molecule has 160 valence electrons. The minimum Gasteiger partial charge on any atom is -0.304 e. The average molecular weight is 469 g/mol. The summed E-state index contributed by atoms with van der Waals surface area (Å²) in [6.07, 6.45) is -1.05. The zero-order valence-electron chi connectivity index (χ0n) is 39.9. The largest absolute Gasteiger partial charge is 0.304 e. The van der Waals surface area contributed by atoms with Crippen LogP contribution in [-0.2, 0) is 10.0 Å². The molecule has 7 heteroatoms. The van der Waals surface area contributed by atoms with E-state index in [1.807, 2.05) is 0 Å². The number of sulfonamides is 1.